The van der Waals surface area contributed by atoms with Crippen LogP contribution in [0.25, 0.3) is 0 Å². The second-order valence-electron chi connectivity index (χ2n) is 4.95. The zero-order valence-corrected chi connectivity index (χ0v) is 15.7. The number of hydrogen-bond donors (Lipinski definition) is 0. The molecule has 0 bridgehead atoms. The van der Waals surface area contributed by atoms with Gasteiger partial charge in [-0.15, -0.1) is 0 Å². The molecule has 2 aliphatic carbocycles. The minimum Gasteiger partial charge on any atom is -0.500 e. The Morgan fingerprint density at radius 3 is 1.17 bits per heavy atom. The van der Waals surface area contributed by atoms with Crippen LogP contribution in [0, 0.1) is 12.2 Å². The van der Waals surface area contributed by atoms with Crippen LogP contribution in [0.3, 0.4) is 0 Å². The van der Waals surface area contributed by atoms with Crippen LogP contribution >= 0.6 is 7.81 Å². The molecule has 0 nitrogen and oxygen atoms in total. The molecule has 0 radical (unpaired) electrons. The minimum absolute atomic E-state index is 0. The molecule has 0 amide bonds. The Bertz CT molecular complexity index is 343. The molecular formula is C16H22F6PRh. The fourth-order valence-electron chi connectivity index (χ4n) is 1.57. The fraction of sp³-hybridized carbons (Fsp3) is 0.500. The van der Waals surface area contributed by atoms with Gasteiger partial charge < -0.3 is 12.2 Å². The first-order valence-electron chi connectivity index (χ1n) is 7.41. The molecule has 0 unspecified atom stereocenters. The largest absolute Gasteiger partial charge is 3.00 e. The molecule has 0 spiro atoms. The average molecular weight is 462 g/mol. The van der Waals surface area contributed by atoms with Crippen LogP contribution in [0.4, 0.5) is 25.2 Å². The topological polar surface area (TPSA) is 0 Å². The minimum atomic E-state index is -10.7. The summed E-state index contributed by atoms with van der Waals surface area (Å²) in [4.78, 5) is 0. The van der Waals surface area contributed by atoms with Crippen LogP contribution in [0.5, 0.6) is 0 Å². The maximum atomic E-state index is 9.87. The van der Waals surface area contributed by atoms with Gasteiger partial charge in [0, 0.05) is 0 Å². The van der Waals surface area contributed by atoms with Crippen LogP contribution in [-0.2, 0) is 19.5 Å². The molecule has 2 rings (SSSR count). The predicted molar refractivity (Wildman–Crippen MR) is 84.4 cm³/mol. The Hall–Kier alpha value is -0.407. The van der Waals surface area contributed by atoms with Crippen LogP contribution in [0.15, 0.2) is 36.5 Å². The summed E-state index contributed by atoms with van der Waals surface area (Å²) in [5.41, 5.74) is 0. The summed E-state index contributed by atoms with van der Waals surface area (Å²) in [6, 6.07) is 0. The standard InChI is InChI=1S/2C8H11.F6P.Rh/c2*1-2-4-6-8-7-5-3-1;1-7(2,3,4,5)6;/h2*1-2,7H,3-6H2;;/q3*-1;+3. The van der Waals surface area contributed by atoms with Gasteiger partial charge in [-0.1, -0.05) is 50.0 Å². The van der Waals surface area contributed by atoms with Gasteiger partial charge in [-0.2, -0.15) is 12.8 Å². The summed E-state index contributed by atoms with van der Waals surface area (Å²) >= 11 is 0. The summed E-state index contributed by atoms with van der Waals surface area (Å²) in [6.07, 6.45) is 29.0. The zero-order chi connectivity index (χ0) is 17.7. The third-order valence-electron chi connectivity index (χ3n) is 2.49. The van der Waals surface area contributed by atoms with Crippen LogP contribution in [0.1, 0.15) is 51.4 Å². The molecule has 2 aliphatic rings. The maximum absolute atomic E-state index is 10.7. The fourth-order valence-corrected chi connectivity index (χ4v) is 1.57. The summed E-state index contributed by atoms with van der Waals surface area (Å²) in [7, 11) is -10.7. The van der Waals surface area contributed by atoms with E-state index in [4.69, 9.17) is 0 Å². The second kappa shape index (κ2) is 11.3. The van der Waals surface area contributed by atoms with E-state index in [1.807, 2.05) is 0 Å². The van der Waals surface area contributed by atoms with Crippen molar-refractivity contribution in [2.24, 2.45) is 0 Å². The molecule has 142 valence electrons. The molecule has 0 atom stereocenters. The van der Waals surface area contributed by atoms with Gasteiger partial charge in [-0.05, 0) is 12.8 Å². The van der Waals surface area contributed by atoms with E-state index in [0.717, 1.165) is 12.8 Å². The van der Waals surface area contributed by atoms with E-state index in [-0.39, 0.29) is 19.5 Å². The van der Waals surface area contributed by atoms with Crippen LogP contribution < -0.4 is 0 Å². The van der Waals surface area contributed by atoms with Gasteiger partial charge in [0.25, 0.3) is 0 Å². The van der Waals surface area contributed by atoms with Crippen molar-refractivity contribution in [1.82, 2.24) is 0 Å². The Labute approximate surface area is 152 Å². The van der Waals surface area contributed by atoms with Crippen molar-refractivity contribution in [1.29, 1.82) is 0 Å². The van der Waals surface area contributed by atoms with Crippen molar-refractivity contribution >= 4 is 7.81 Å². The molecular weight excluding hydrogens is 440 g/mol. The zero-order valence-electron chi connectivity index (χ0n) is 13.2. The third kappa shape index (κ3) is 37.7. The quantitative estimate of drug-likeness (QED) is 0.112. The van der Waals surface area contributed by atoms with Gasteiger partial charge in [0.05, 0.1) is 0 Å². The molecule has 0 saturated heterocycles. The van der Waals surface area contributed by atoms with E-state index < -0.39 is 7.81 Å². The molecule has 0 fully saturated rings. The average Bonchev–Trinajstić information content (AvgIpc) is 2.22. The Morgan fingerprint density at radius 2 is 0.833 bits per heavy atom. The first kappa shape index (κ1) is 25.8. The SMILES string of the molecule is F[P-](F)(F)(F)(F)F.[C-]1=CCCC=CCC1.[C-]1=CCCC=CCC1.[Rh+3]. The first-order chi connectivity index (χ1) is 10.4. The Morgan fingerprint density at radius 1 is 0.542 bits per heavy atom. The molecule has 24 heavy (non-hydrogen) atoms. The summed E-state index contributed by atoms with van der Waals surface area (Å²) < 4.78 is 59.2. The summed E-state index contributed by atoms with van der Waals surface area (Å²) in [5.74, 6) is 0. The van der Waals surface area contributed by atoms with Gasteiger partial charge in [-0.25, -0.2) is 0 Å². The molecule has 8 heteroatoms. The van der Waals surface area contributed by atoms with Gasteiger partial charge in [0.1, 0.15) is 0 Å². The van der Waals surface area contributed by atoms with E-state index in [0.29, 0.717) is 0 Å². The van der Waals surface area contributed by atoms with Gasteiger partial charge in [0.2, 0.25) is 0 Å². The van der Waals surface area contributed by atoms with Crippen LogP contribution in [0.2, 0.25) is 0 Å². The second-order valence-corrected chi connectivity index (χ2v) is 6.87. The van der Waals surface area contributed by atoms with Crippen molar-refractivity contribution in [3.63, 3.8) is 0 Å². The van der Waals surface area contributed by atoms with Crippen molar-refractivity contribution in [3.8, 4) is 0 Å². The monoisotopic (exact) mass is 462 g/mol. The van der Waals surface area contributed by atoms with Crippen molar-refractivity contribution in [2.75, 3.05) is 0 Å². The number of allylic oxidation sites excluding steroid dienone is 8. The van der Waals surface area contributed by atoms with Gasteiger partial charge in [-0.3, -0.25) is 12.2 Å². The number of halogens is 6. The smallest absolute Gasteiger partial charge is 0.500 e. The van der Waals surface area contributed by atoms with Gasteiger partial charge >= 0.3 is 52.5 Å². The van der Waals surface area contributed by atoms with E-state index in [1.165, 1.54) is 38.5 Å². The van der Waals surface area contributed by atoms with Crippen molar-refractivity contribution < 1.29 is 44.7 Å². The van der Waals surface area contributed by atoms with Crippen molar-refractivity contribution in [2.45, 2.75) is 51.4 Å². The number of hydrogen-bond acceptors (Lipinski definition) is 0. The van der Waals surface area contributed by atoms with E-state index in [9.17, 15) is 25.2 Å². The molecule has 0 aromatic carbocycles. The summed E-state index contributed by atoms with van der Waals surface area (Å²) in [5, 5.41) is 0. The van der Waals surface area contributed by atoms with Crippen molar-refractivity contribution in [3.05, 3.63) is 48.6 Å². The Kier molecular flexibility index (Phi) is 12.1. The molecule has 0 heterocycles. The third-order valence-corrected chi connectivity index (χ3v) is 2.49. The van der Waals surface area contributed by atoms with Gasteiger partial charge in [0.15, 0.2) is 0 Å². The number of rotatable bonds is 0. The van der Waals surface area contributed by atoms with E-state index >= 15 is 0 Å². The predicted octanol–water partition coefficient (Wildman–Crippen LogP) is 8.33. The summed E-state index contributed by atoms with van der Waals surface area (Å²) in [6.45, 7) is 0. The molecule has 0 aromatic heterocycles. The normalized spacial score (nSPS) is 20.1. The first-order valence-corrected chi connectivity index (χ1v) is 9.44. The van der Waals surface area contributed by atoms with E-state index in [1.54, 1.807) is 0 Å². The molecule has 0 aromatic rings. The molecule has 0 saturated carbocycles. The molecule has 0 aliphatic heterocycles. The Balaban J connectivity index is 0. The van der Waals surface area contributed by atoms with Crippen LogP contribution in [-0.4, -0.2) is 0 Å². The maximum Gasteiger partial charge on any atom is 3.00 e. The molecule has 0 N–H and O–H groups in total. The van der Waals surface area contributed by atoms with E-state index in [2.05, 4.69) is 48.6 Å².